The molecule has 1 fully saturated rings. The molecule has 1 aromatic carbocycles. The molecule has 2 nitrogen and oxygen atoms in total. The summed E-state index contributed by atoms with van der Waals surface area (Å²) < 4.78 is 0. The smallest absolute Gasteiger partial charge is 0.121 e. The first-order valence-electron chi connectivity index (χ1n) is 6.11. The third-order valence-electron chi connectivity index (χ3n) is 3.34. The highest BCUT2D eigenvalue weighted by Crippen LogP contribution is 2.26. The summed E-state index contributed by atoms with van der Waals surface area (Å²) in [5, 5.41) is 0. The third-order valence-corrected chi connectivity index (χ3v) is 3.34. The molecule has 2 heteroatoms. The van der Waals surface area contributed by atoms with Crippen molar-refractivity contribution in [3.8, 4) is 0 Å². The Kier molecular flexibility index (Phi) is 4.11. The van der Waals surface area contributed by atoms with Gasteiger partial charge in [0.25, 0.3) is 0 Å². The molecule has 1 atom stereocenters. The molecule has 1 unspecified atom stereocenters. The van der Waals surface area contributed by atoms with Crippen LogP contribution in [0.15, 0.2) is 30.3 Å². The van der Waals surface area contributed by atoms with Gasteiger partial charge in [-0.15, -0.1) is 0 Å². The van der Waals surface area contributed by atoms with Gasteiger partial charge in [0.1, 0.15) is 6.29 Å². The average molecular weight is 217 g/mol. The molecule has 0 saturated carbocycles. The fourth-order valence-electron chi connectivity index (χ4n) is 2.49. The van der Waals surface area contributed by atoms with Crippen molar-refractivity contribution in [2.24, 2.45) is 0 Å². The Hall–Kier alpha value is -1.15. The fourth-order valence-corrected chi connectivity index (χ4v) is 2.49. The van der Waals surface area contributed by atoms with Crippen LogP contribution in [0.3, 0.4) is 0 Å². The maximum Gasteiger partial charge on any atom is 0.121 e. The van der Waals surface area contributed by atoms with Crippen LogP contribution in [0.5, 0.6) is 0 Å². The van der Waals surface area contributed by atoms with E-state index >= 15 is 0 Å². The van der Waals surface area contributed by atoms with Gasteiger partial charge in [0, 0.05) is 19.5 Å². The molecule has 1 aliphatic heterocycles. The molecule has 1 saturated heterocycles. The normalized spacial score (nSPS) is 21.9. The Balaban J connectivity index is 1.94. The van der Waals surface area contributed by atoms with E-state index in [-0.39, 0.29) is 0 Å². The first-order chi connectivity index (χ1) is 7.90. The molecular weight excluding hydrogens is 198 g/mol. The van der Waals surface area contributed by atoms with Crippen molar-refractivity contribution in [2.45, 2.75) is 25.2 Å². The van der Waals surface area contributed by atoms with E-state index in [4.69, 9.17) is 0 Å². The molecule has 1 aliphatic rings. The molecule has 0 amide bonds. The third kappa shape index (κ3) is 2.92. The largest absolute Gasteiger partial charge is 0.303 e. The molecule has 0 bridgehead atoms. The highest BCUT2D eigenvalue weighted by atomic mass is 16.1. The molecule has 86 valence electrons. The van der Waals surface area contributed by atoms with E-state index in [0.29, 0.717) is 12.3 Å². The van der Waals surface area contributed by atoms with E-state index in [9.17, 15) is 4.79 Å². The number of likely N-dealkylation sites (tertiary alicyclic amines) is 1. The van der Waals surface area contributed by atoms with Gasteiger partial charge in [0.05, 0.1) is 0 Å². The lowest BCUT2D eigenvalue weighted by Crippen LogP contribution is -2.35. The Morgan fingerprint density at radius 2 is 2.12 bits per heavy atom. The maximum atomic E-state index is 10.4. The van der Waals surface area contributed by atoms with Crippen molar-refractivity contribution in [1.29, 1.82) is 0 Å². The molecule has 0 N–H and O–H groups in total. The summed E-state index contributed by atoms with van der Waals surface area (Å²) in [7, 11) is 0. The SMILES string of the molecule is O=CCCN1CCCC(c2ccccc2)C1. The van der Waals surface area contributed by atoms with Crippen LogP contribution in [0, 0.1) is 0 Å². The maximum absolute atomic E-state index is 10.4. The minimum atomic E-state index is 0.654. The molecular formula is C14H19NO. The second-order valence-corrected chi connectivity index (χ2v) is 4.51. The topological polar surface area (TPSA) is 20.3 Å². The van der Waals surface area contributed by atoms with E-state index < -0.39 is 0 Å². The molecule has 1 heterocycles. The number of rotatable bonds is 4. The van der Waals surface area contributed by atoms with Gasteiger partial charge in [0.15, 0.2) is 0 Å². The van der Waals surface area contributed by atoms with Crippen LogP contribution in [0.2, 0.25) is 0 Å². The lowest BCUT2D eigenvalue weighted by molar-refractivity contribution is -0.108. The summed E-state index contributed by atoms with van der Waals surface area (Å²) in [6.45, 7) is 3.18. The Bertz CT molecular complexity index is 323. The number of carbonyl (C=O) groups excluding carboxylic acids is 1. The van der Waals surface area contributed by atoms with Gasteiger partial charge in [0.2, 0.25) is 0 Å². The molecule has 0 aromatic heterocycles. The summed E-state index contributed by atoms with van der Waals surface area (Å²) >= 11 is 0. The molecule has 0 radical (unpaired) electrons. The minimum Gasteiger partial charge on any atom is -0.303 e. The summed E-state index contributed by atoms with van der Waals surface area (Å²) in [5.41, 5.74) is 1.44. The Morgan fingerprint density at radius 3 is 2.88 bits per heavy atom. The van der Waals surface area contributed by atoms with Crippen LogP contribution in [-0.4, -0.2) is 30.8 Å². The highest BCUT2D eigenvalue weighted by Gasteiger charge is 2.20. The quantitative estimate of drug-likeness (QED) is 0.722. The number of hydrogen-bond acceptors (Lipinski definition) is 2. The van der Waals surface area contributed by atoms with Crippen molar-refractivity contribution in [1.82, 2.24) is 4.90 Å². The van der Waals surface area contributed by atoms with Crippen LogP contribution in [0.1, 0.15) is 30.7 Å². The van der Waals surface area contributed by atoms with E-state index in [2.05, 4.69) is 35.2 Å². The van der Waals surface area contributed by atoms with Crippen LogP contribution in [0.4, 0.5) is 0 Å². The minimum absolute atomic E-state index is 0.654. The summed E-state index contributed by atoms with van der Waals surface area (Å²) in [5.74, 6) is 0.654. The molecule has 1 aromatic rings. The highest BCUT2D eigenvalue weighted by molar-refractivity contribution is 5.49. The summed E-state index contributed by atoms with van der Waals surface area (Å²) in [6.07, 6.45) is 4.22. The summed E-state index contributed by atoms with van der Waals surface area (Å²) in [6, 6.07) is 10.7. The van der Waals surface area contributed by atoms with Crippen molar-refractivity contribution in [3.05, 3.63) is 35.9 Å². The number of piperidine rings is 1. The van der Waals surface area contributed by atoms with Gasteiger partial charge in [-0.3, -0.25) is 0 Å². The lowest BCUT2D eigenvalue weighted by Gasteiger charge is -2.32. The second kappa shape index (κ2) is 5.80. The Morgan fingerprint density at radius 1 is 1.31 bits per heavy atom. The van der Waals surface area contributed by atoms with Crippen molar-refractivity contribution in [3.63, 3.8) is 0 Å². The van der Waals surface area contributed by atoms with E-state index in [1.807, 2.05) is 0 Å². The van der Waals surface area contributed by atoms with E-state index in [0.717, 1.165) is 25.9 Å². The van der Waals surface area contributed by atoms with Gasteiger partial charge in [-0.1, -0.05) is 30.3 Å². The predicted octanol–water partition coefficient (Wildman–Crippen LogP) is 2.46. The van der Waals surface area contributed by atoms with Crippen molar-refractivity contribution >= 4 is 6.29 Å². The number of benzene rings is 1. The van der Waals surface area contributed by atoms with E-state index in [1.54, 1.807) is 0 Å². The number of hydrogen-bond donors (Lipinski definition) is 0. The van der Waals surface area contributed by atoms with Gasteiger partial charge in [-0.25, -0.2) is 0 Å². The Labute approximate surface area is 97.3 Å². The number of nitrogens with zero attached hydrogens (tertiary/aromatic N) is 1. The van der Waals surface area contributed by atoms with Gasteiger partial charge in [-0.05, 0) is 30.9 Å². The zero-order valence-electron chi connectivity index (χ0n) is 9.64. The number of carbonyl (C=O) groups is 1. The zero-order valence-corrected chi connectivity index (χ0v) is 9.64. The summed E-state index contributed by atoms with van der Waals surface area (Å²) in [4.78, 5) is 12.8. The zero-order chi connectivity index (χ0) is 11.2. The van der Waals surface area contributed by atoms with E-state index in [1.165, 1.54) is 18.4 Å². The van der Waals surface area contributed by atoms with Gasteiger partial charge in [-0.2, -0.15) is 0 Å². The molecule has 2 rings (SSSR count). The van der Waals surface area contributed by atoms with Crippen LogP contribution < -0.4 is 0 Å². The average Bonchev–Trinajstić information content (AvgIpc) is 2.38. The number of aldehydes is 1. The lowest BCUT2D eigenvalue weighted by atomic mass is 9.90. The first kappa shape index (κ1) is 11.3. The van der Waals surface area contributed by atoms with Crippen LogP contribution >= 0.6 is 0 Å². The second-order valence-electron chi connectivity index (χ2n) is 4.51. The van der Waals surface area contributed by atoms with Crippen molar-refractivity contribution in [2.75, 3.05) is 19.6 Å². The molecule has 0 aliphatic carbocycles. The standard InChI is InChI=1S/C14H19NO/c16-11-5-10-15-9-4-8-14(12-15)13-6-2-1-3-7-13/h1-3,6-7,11,14H,4-5,8-10,12H2. The van der Waals surface area contributed by atoms with Gasteiger partial charge < -0.3 is 9.69 Å². The predicted molar refractivity (Wildman–Crippen MR) is 65.5 cm³/mol. The molecule has 16 heavy (non-hydrogen) atoms. The van der Waals surface area contributed by atoms with Crippen LogP contribution in [0.25, 0.3) is 0 Å². The fraction of sp³-hybridized carbons (Fsp3) is 0.500. The first-order valence-corrected chi connectivity index (χ1v) is 6.11. The van der Waals surface area contributed by atoms with Crippen molar-refractivity contribution < 1.29 is 4.79 Å². The monoisotopic (exact) mass is 217 g/mol. The van der Waals surface area contributed by atoms with Gasteiger partial charge >= 0.3 is 0 Å². The molecule has 0 spiro atoms. The van der Waals surface area contributed by atoms with Crippen LogP contribution in [-0.2, 0) is 4.79 Å².